The van der Waals surface area contributed by atoms with Gasteiger partial charge in [-0.25, -0.2) is 17.9 Å². The first-order valence-corrected chi connectivity index (χ1v) is 12.6. The van der Waals surface area contributed by atoms with Gasteiger partial charge in [0.2, 0.25) is 10.0 Å². The number of anilines is 1. The number of carbonyl (C=O) groups is 2. The van der Waals surface area contributed by atoms with Crippen LogP contribution in [-0.4, -0.2) is 63.2 Å². The van der Waals surface area contributed by atoms with Gasteiger partial charge >= 0.3 is 5.91 Å². The van der Waals surface area contributed by atoms with E-state index < -0.39 is 32.6 Å². The third-order valence-electron chi connectivity index (χ3n) is 5.26. The molecule has 9 nitrogen and oxygen atoms in total. The Morgan fingerprint density at radius 2 is 2.10 bits per heavy atom. The highest BCUT2D eigenvalue weighted by atomic mass is 35.5. The third-order valence-corrected chi connectivity index (χ3v) is 7.74. The Bertz CT molecular complexity index is 895. The van der Waals surface area contributed by atoms with Gasteiger partial charge in [0.05, 0.1) is 4.90 Å². The third kappa shape index (κ3) is 6.85. The standard InChI is InChI=1S/C19H27Cl2N5O4S/c20-16-11-23-26(19(28)18(16)21)12-17(27)25-14-5-3-6-15(10-14)31(29,30)24-9-7-13-4-1-2-8-22-13/h3,5-6,10,13,16,18,22,24,26H,1-2,4,7-9,11-12H2,(H,25,27). The van der Waals surface area contributed by atoms with Crippen LogP contribution in [-0.2, 0) is 19.6 Å². The van der Waals surface area contributed by atoms with Crippen LogP contribution in [0.3, 0.4) is 0 Å². The number of halogens is 2. The fourth-order valence-electron chi connectivity index (χ4n) is 3.55. The predicted octanol–water partition coefficient (Wildman–Crippen LogP) is 0.364. The van der Waals surface area contributed by atoms with Crippen molar-refractivity contribution in [3.8, 4) is 0 Å². The van der Waals surface area contributed by atoms with E-state index in [0.717, 1.165) is 32.2 Å². The lowest BCUT2D eigenvalue weighted by Crippen LogP contribution is -3.14. The average molecular weight is 492 g/mol. The molecule has 3 rings (SSSR count). The second-order valence-electron chi connectivity index (χ2n) is 7.66. The molecule has 31 heavy (non-hydrogen) atoms. The van der Waals surface area contributed by atoms with Crippen molar-refractivity contribution in [1.82, 2.24) is 10.0 Å². The number of hydrogen-bond acceptors (Lipinski definition) is 5. The lowest BCUT2D eigenvalue weighted by atomic mass is 10.0. The van der Waals surface area contributed by atoms with E-state index in [0.29, 0.717) is 18.3 Å². The summed E-state index contributed by atoms with van der Waals surface area (Å²) in [5.74, 6) is -0.953. The van der Waals surface area contributed by atoms with Crippen molar-refractivity contribution in [2.45, 2.75) is 47.4 Å². The van der Waals surface area contributed by atoms with Crippen molar-refractivity contribution in [3.05, 3.63) is 29.7 Å². The van der Waals surface area contributed by atoms with Gasteiger partial charge in [-0.1, -0.05) is 19.0 Å². The minimum absolute atomic E-state index is 0.0544. The number of sulfonamides is 1. The molecule has 0 radical (unpaired) electrons. The maximum absolute atomic E-state index is 12.6. The molecule has 2 heterocycles. The van der Waals surface area contributed by atoms with E-state index in [1.54, 1.807) is 12.1 Å². The van der Waals surface area contributed by atoms with Crippen molar-refractivity contribution in [1.29, 1.82) is 0 Å². The van der Waals surface area contributed by atoms with Crippen molar-refractivity contribution >= 4 is 50.7 Å². The van der Waals surface area contributed by atoms with Crippen molar-refractivity contribution < 1.29 is 23.0 Å². The molecule has 0 saturated carbocycles. The lowest BCUT2D eigenvalue weighted by Gasteiger charge is -2.37. The fourth-order valence-corrected chi connectivity index (χ4v) is 5.04. The van der Waals surface area contributed by atoms with E-state index >= 15 is 0 Å². The van der Waals surface area contributed by atoms with Crippen LogP contribution in [0.4, 0.5) is 5.69 Å². The van der Waals surface area contributed by atoms with Gasteiger partial charge in [-0.2, -0.15) is 0 Å². The molecule has 1 aromatic rings. The quantitative estimate of drug-likeness (QED) is 0.391. The summed E-state index contributed by atoms with van der Waals surface area (Å²) in [6.45, 7) is 1.21. The zero-order chi connectivity index (χ0) is 22.4. The summed E-state index contributed by atoms with van der Waals surface area (Å²) in [6.07, 6.45) is 4.08. The number of hydrogen-bond donors (Lipinski definition) is 4. The molecule has 4 atom stereocenters. The number of quaternary nitrogens is 1. The smallest absolute Gasteiger partial charge is 0.322 e. The minimum Gasteiger partial charge on any atom is -0.445 e. The van der Waals surface area contributed by atoms with E-state index in [1.165, 1.54) is 12.1 Å². The SMILES string of the molecule is O=C(C[NH+]1[N-]CC(Cl)C(Cl)C1=O)Nc1cccc(S(=O)(=O)NCCC2CCCCN2)c1. The Morgan fingerprint density at radius 1 is 1.29 bits per heavy atom. The van der Waals surface area contributed by atoms with Crippen molar-refractivity contribution in [3.63, 3.8) is 0 Å². The fraction of sp³-hybridized carbons (Fsp3) is 0.579. The normalized spacial score (nSPS) is 27.1. The van der Waals surface area contributed by atoms with Crippen LogP contribution >= 0.6 is 23.2 Å². The van der Waals surface area contributed by atoms with Crippen molar-refractivity contribution in [2.24, 2.45) is 0 Å². The summed E-state index contributed by atoms with van der Waals surface area (Å²) in [5.41, 5.74) is 4.34. The maximum atomic E-state index is 12.6. The van der Waals surface area contributed by atoms with Crippen LogP contribution in [0.25, 0.3) is 5.43 Å². The zero-order valence-electron chi connectivity index (χ0n) is 16.9. The number of piperidine rings is 1. The van der Waals surface area contributed by atoms with E-state index in [9.17, 15) is 18.0 Å². The number of nitrogens with one attached hydrogen (secondary N) is 4. The number of rotatable bonds is 8. The van der Waals surface area contributed by atoms with Gasteiger partial charge in [-0.15, -0.1) is 23.2 Å². The highest BCUT2D eigenvalue weighted by Crippen LogP contribution is 2.17. The molecule has 2 aliphatic rings. The van der Waals surface area contributed by atoms with Crippen LogP contribution in [0.2, 0.25) is 0 Å². The monoisotopic (exact) mass is 491 g/mol. The van der Waals surface area contributed by atoms with Crippen LogP contribution < -0.4 is 20.4 Å². The molecule has 2 fully saturated rings. The molecule has 2 aliphatic heterocycles. The number of nitrogens with zero attached hydrogens (tertiary/aromatic N) is 1. The molecule has 2 saturated heterocycles. The summed E-state index contributed by atoms with van der Waals surface area (Å²) < 4.78 is 27.8. The van der Waals surface area contributed by atoms with Gasteiger partial charge in [0.1, 0.15) is 0 Å². The molecule has 12 heteroatoms. The van der Waals surface area contributed by atoms with Crippen LogP contribution in [0, 0.1) is 0 Å². The van der Waals surface area contributed by atoms with Crippen molar-refractivity contribution in [2.75, 3.05) is 31.5 Å². The molecular formula is C19H27Cl2N5O4S. The number of benzene rings is 1. The second-order valence-corrected chi connectivity index (χ2v) is 10.5. The van der Waals surface area contributed by atoms with Crippen LogP contribution in [0.5, 0.6) is 0 Å². The first-order chi connectivity index (χ1) is 14.8. The summed E-state index contributed by atoms with van der Waals surface area (Å²) in [4.78, 5) is 24.5. The topological polar surface area (TPSA) is 123 Å². The number of alkyl halides is 2. The molecule has 0 spiro atoms. The molecule has 0 bridgehead atoms. The largest absolute Gasteiger partial charge is 0.445 e. The van der Waals surface area contributed by atoms with Gasteiger partial charge in [0.15, 0.2) is 11.9 Å². The van der Waals surface area contributed by atoms with E-state index in [2.05, 4.69) is 20.8 Å². The molecule has 0 aromatic heterocycles. The number of carbonyl (C=O) groups excluding carboxylic acids is 2. The van der Waals surface area contributed by atoms with Crippen LogP contribution in [0.15, 0.2) is 29.2 Å². The minimum atomic E-state index is -3.71. The highest BCUT2D eigenvalue weighted by molar-refractivity contribution is 7.89. The first-order valence-electron chi connectivity index (χ1n) is 10.2. The Kier molecular flexibility index (Phi) is 8.68. The van der Waals surface area contributed by atoms with Gasteiger partial charge in [0, 0.05) is 23.7 Å². The zero-order valence-corrected chi connectivity index (χ0v) is 19.3. The molecule has 172 valence electrons. The summed E-state index contributed by atoms with van der Waals surface area (Å²) in [7, 11) is -3.71. The van der Waals surface area contributed by atoms with E-state index in [4.69, 9.17) is 23.2 Å². The molecule has 4 N–H and O–H groups in total. The Labute approximate surface area is 192 Å². The summed E-state index contributed by atoms with van der Waals surface area (Å²) in [5, 5.41) is 4.55. The van der Waals surface area contributed by atoms with Gasteiger partial charge in [0.25, 0.3) is 5.91 Å². The molecule has 2 amide bonds. The Hall–Kier alpha value is -1.27. The van der Waals surface area contributed by atoms with Gasteiger partial charge < -0.3 is 21.1 Å². The maximum Gasteiger partial charge on any atom is 0.322 e. The molecular weight excluding hydrogens is 465 g/mol. The second kappa shape index (κ2) is 11.0. The van der Waals surface area contributed by atoms with E-state index in [-0.39, 0.29) is 23.0 Å². The summed E-state index contributed by atoms with van der Waals surface area (Å²) in [6, 6.07) is 6.29. The highest BCUT2D eigenvalue weighted by Gasteiger charge is 2.34. The van der Waals surface area contributed by atoms with Gasteiger partial charge in [-0.3, -0.25) is 4.79 Å². The Morgan fingerprint density at radius 3 is 2.84 bits per heavy atom. The Balaban J connectivity index is 1.54. The lowest BCUT2D eigenvalue weighted by molar-refractivity contribution is -0.774. The molecule has 4 unspecified atom stereocenters. The number of amides is 2. The van der Waals surface area contributed by atoms with Gasteiger partial charge in [-0.05, 0) is 44.0 Å². The summed E-state index contributed by atoms with van der Waals surface area (Å²) >= 11 is 11.9. The first kappa shape index (κ1) is 24.4. The van der Waals surface area contributed by atoms with E-state index in [1.807, 2.05) is 0 Å². The molecule has 1 aromatic carbocycles. The van der Waals surface area contributed by atoms with Crippen LogP contribution in [0.1, 0.15) is 25.7 Å². The molecule has 0 aliphatic carbocycles. The predicted molar refractivity (Wildman–Crippen MR) is 119 cm³/mol. The average Bonchev–Trinajstić information content (AvgIpc) is 2.75.